The van der Waals surface area contributed by atoms with Crippen LogP contribution in [-0.4, -0.2) is 12.1 Å². The molecule has 0 radical (unpaired) electrons. The Kier molecular flexibility index (Phi) is 5.35. The Bertz CT molecular complexity index is 102. The van der Waals surface area contributed by atoms with Gasteiger partial charge >= 0.3 is 0 Å². The van der Waals surface area contributed by atoms with Gasteiger partial charge in [0.15, 0.2) is 0 Å². The second kappa shape index (κ2) is 6.23. The van der Waals surface area contributed by atoms with Crippen molar-refractivity contribution in [2.24, 2.45) is 0 Å². The van der Waals surface area contributed by atoms with E-state index < -0.39 is 0 Å². The van der Waals surface area contributed by atoms with Crippen LogP contribution in [0.3, 0.4) is 0 Å². The van der Waals surface area contributed by atoms with Crippen molar-refractivity contribution in [3.05, 3.63) is 0 Å². The minimum Gasteiger partial charge on any atom is -1.00 e. The number of hydrogen-bond donors (Lipinski definition) is 2. The molecular weight excluding hydrogens is 171 g/mol. The van der Waals surface area contributed by atoms with Gasteiger partial charge in [0, 0.05) is 15.6 Å². The number of quaternary nitrogens is 2. The molecule has 2 nitrogen and oxygen atoms in total. The molecule has 0 aromatic rings. The van der Waals surface area contributed by atoms with Crippen LogP contribution in [0, 0.1) is 0 Å². The van der Waals surface area contributed by atoms with Gasteiger partial charge in [0.05, 0.1) is 0 Å². The third kappa shape index (κ3) is 3.62. The summed E-state index contributed by atoms with van der Waals surface area (Å²) < 4.78 is 14.9. The fourth-order valence-corrected chi connectivity index (χ4v) is 0.927. The SMILES string of the molecule is [3H]C1C[C@@H]([NH3+])[C@H]([NH3+])CC1[3H].[Cl-].[Cl-]. The number of rotatable bonds is 0. The van der Waals surface area contributed by atoms with Gasteiger partial charge in [-0.1, -0.05) is 0 Å². The molecule has 0 saturated heterocycles. The smallest absolute Gasteiger partial charge is 0.137 e. The summed E-state index contributed by atoms with van der Waals surface area (Å²) in [5.41, 5.74) is 7.80. The van der Waals surface area contributed by atoms with Crippen molar-refractivity contribution in [2.45, 2.75) is 37.7 Å². The standard InChI is InChI=1S/C6H14N2.2ClH/c7-5-3-1-2-4-6(5)8;;/h5-6H,1-4,7-8H2;2*1H/t5-,6-;;/m1../s1/i1T,2T;;/t1?,2?,5-,6-;;. The molecule has 1 rings (SSSR count). The molecule has 1 aliphatic rings. The zero-order valence-corrected chi connectivity index (χ0v) is 7.41. The Hall–Kier alpha value is 0.500. The summed E-state index contributed by atoms with van der Waals surface area (Å²) in [6.45, 7) is 0. The molecule has 6 N–H and O–H groups in total. The first-order chi connectivity index (χ1) is 4.61. The minimum atomic E-state index is -0.222. The molecule has 0 bridgehead atoms. The lowest BCUT2D eigenvalue weighted by Crippen LogP contribution is -3.00. The highest BCUT2D eigenvalue weighted by atomic mass is 35.5. The number of hydrogen-bond acceptors (Lipinski definition) is 0. The minimum absolute atomic E-state index is 0. The summed E-state index contributed by atoms with van der Waals surface area (Å²) in [5.74, 6) is 0. The van der Waals surface area contributed by atoms with Gasteiger partial charge in [0.1, 0.15) is 12.1 Å². The highest BCUT2D eigenvalue weighted by molar-refractivity contribution is 4.69. The monoisotopic (exact) mass is 190 g/mol. The Labute approximate surface area is 77.4 Å². The average molecular weight is 191 g/mol. The summed E-state index contributed by atoms with van der Waals surface area (Å²) in [6, 6.07) is 0.591. The fourth-order valence-electron chi connectivity index (χ4n) is 0.927. The topological polar surface area (TPSA) is 55.3 Å². The van der Waals surface area contributed by atoms with Crippen molar-refractivity contribution in [3.8, 4) is 0 Å². The van der Waals surface area contributed by atoms with Gasteiger partial charge < -0.3 is 36.3 Å². The number of halogens is 2. The second-order valence-electron chi connectivity index (χ2n) is 2.46. The van der Waals surface area contributed by atoms with Gasteiger partial charge in [0.2, 0.25) is 0 Å². The van der Waals surface area contributed by atoms with E-state index in [4.69, 9.17) is 2.74 Å². The molecule has 4 heteroatoms. The quantitative estimate of drug-likeness (QED) is 0.382. The van der Waals surface area contributed by atoms with Crippen LogP contribution in [0.25, 0.3) is 0 Å². The molecular formula is C6H16Cl2N2. The van der Waals surface area contributed by atoms with Crippen LogP contribution in [0.2, 0.25) is 0 Å². The normalized spacial score (nSPS) is 49.4. The van der Waals surface area contributed by atoms with E-state index in [-0.39, 0.29) is 37.6 Å². The molecule has 0 aromatic carbocycles. The Morgan fingerprint density at radius 2 is 1.30 bits per heavy atom. The summed E-state index contributed by atoms with van der Waals surface area (Å²) >= 11 is 0. The summed E-state index contributed by atoms with van der Waals surface area (Å²) in [7, 11) is 0. The van der Waals surface area contributed by atoms with Crippen molar-refractivity contribution in [2.75, 3.05) is 0 Å². The van der Waals surface area contributed by atoms with Crippen LogP contribution in [0.4, 0.5) is 0 Å². The molecule has 0 amide bonds. The first-order valence-corrected chi connectivity index (χ1v) is 3.12. The van der Waals surface area contributed by atoms with Gasteiger partial charge in [-0.3, -0.25) is 0 Å². The zero-order chi connectivity index (χ0) is 7.72. The Morgan fingerprint density at radius 3 is 1.60 bits per heavy atom. The van der Waals surface area contributed by atoms with Crippen molar-refractivity contribution in [1.29, 1.82) is 0 Å². The maximum Gasteiger partial charge on any atom is 0.137 e. The third-order valence-corrected chi connectivity index (χ3v) is 1.71. The Balaban J connectivity index is 0. The van der Waals surface area contributed by atoms with Crippen molar-refractivity contribution in [1.82, 2.24) is 0 Å². The van der Waals surface area contributed by atoms with Crippen LogP contribution in [0.5, 0.6) is 0 Å². The molecule has 0 heterocycles. The van der Waals surface area contributed by atoms with E-state index in [1.165, 1.54) is 0 Å². The van der Waals surface area contributed by atoms with Crippen molar-refractivity contribution >= 4 is 0 Å². The summed E-state index contributed by atoms with van der Waals surface area (Å²) in [4.78, 5) is 0. The van der Waals surface area contributed by atoms with E-state index in [0.29, 0.717) is 12.1 Å². The van der Waals surface area contributed by atoms with Crippen LogP contribution in [-0.2, 0) is 0 Å². The Morgan fingerprint density at radius 1 is 1.00 bits per heavy atom. The van der Waals surface area contributed by atoms with E-state index in [2.05, 4.69) is 11.5 Å². The predicted molar refractivity (Wildman–Crippen MR) is 31.8 cm³/mol. The first-order valence-electron chi connectivity index (χ1n) is 4.27. The molecule has 0 aliphatic heterocycles. The average Bonchev–Trinajstić information content (AvgIpc) is 1.84. The maximum absolute atomic E-state index is 7.44. The molecule has 2 unspecified atom stereocenters. The summed E-state index contributed by atoms with van der Waals surface area (Å²) in [6.07, 6.45) is 1.06. The van der Waals surface area contributed by atoms with Gasteiger partial charge in [-0.25, -0.2) is 0 Å². The molecule has 1 fully saturated rings. The molecule has 0 aromatic heterocycles. The van der Waals surface area contributed by atoms with Crippen LogP contribution in [0.1, 0.15) is 28.4 Å². The lowest BCUT2D eigenvalue weighted by Gasteiger charge is -2.18. The van der Waals surface area contributed by atoms with Crippen LogP contribution >= 0.6 is 0 Å². The second-order valence-corrected chi connectivity index (χ2v) is 2.46. The third-order valence-electron chi connectivity index (χ3n) is 1.71. The van der Waals surface area contributed by atoms with E-state index in [0.717, 1.165) is 12.8 Å². The maximum atomic E-state index is 7.44. The van der Waals surface area contributed by atoms with E-state index in [1.807, 2.05) is 0 Å². The molecule has 1 aliphatic carbocycles. The van der Waals surface area contributed by atoms with Crippen LogP contribution < -0.4 is 36.3 Å². The van der Waals surface area contributed by atoms with E-state index in [1.54, 1.807) is 0 Å². The zero-order valence-electron chi connectivity index (χ0n) is 7.89. The molecule has 1 saturated carbocycles. The highest BCUT2D eigenvalue weighted by Gasteiger charge is 2.23. The lowest BCUT2D eigenvalue weighted by molar-refractivity contribution is -0.534. The fraction of sp³-hybridized carbons (Fsp3) is 1.00. The first kappa shape index (κ1) is 8.60. The molecule has 0 spiro atoms. The highest BCUT2D eigenvalue weighted by Crippen LogP contribution is 2.12. The molecule has 10 heavy (non-hydrogen) atoms. The summed E-state index contributed by atoms with van der Waals surface area (Å²) in [5, 5.41) is 0. The van der Waals surface area contributed by atoms with Gasteiger partial charge in [0.25, 0.3) is 0 Å². The largest absolute Gasteiger partial charge is 1.00 e. The van der Waals surface area contributed by atoms with Gasteiger partial charge in [-0.15, -0.1) is 0 Å². The van der Waals surface area contributed by atoms with E-state index >= 15 is 0 Å². The molecule has 64 valence electrons. The molecule has 4 atom stereocenters. The van der Waals surface area contributed by atoms with E-state index in [9.17, 15) is 0 Å². The van der Waals surface area contributed by atoms with Crippen molar-refractivity contribution in [3.63, 3.8) is 0 Å². The van der Waals surface area contributed by atoms with Crippen molar-refractivity contribution < 1.29 is 39.0 Å². The lowest BCUT2D eigenvalue weighted by atomic mass is 9.92. The van der Waals surface area contributed by atoms with Crippen LogP contribution in [0.15, 0.2) is 0 Å². The van der Waals surface area contributed by atoms with Gasteiger partial charge in [-0.2, -0.15) is 0 Å². The predicted octanol–water partition coefficient (Wildman–Crippen LogP) is -7.21. The van der Waals surface area contributed by atoms with Gasteiger partial charge in [-0.05, 0) is 12.8 Å².